The summed E-state index contributed by atoms with van der Waals surface area (Å²) in [4.78, 5) is 16.9. The van der Waals surface area contributed by atoms with Crippen LogP contribution in [0.2, 0.25) is 5.02 Å². The van der Waals surface area contributed by atoms with Gasteiger partial charge in [-0.2, -0.15) is 0 Å². The van der Waals surface area contributed by atoms with Gasteiger partial charge in [0.2, 0.25) is 5.91 Å². The molecule has 0 atom stereocenters. The zero-order valence-corrected chi connectivity index (χ0v) is 18.4. The number of halogens is 1. The second-order valence-corrected chi connectivity index (χ2v) is 10.1. The van der Waals surface area contributed by atoms with Crippen LogP contribution in [-0.2, 0) is 26.9 Å². The molecule has 6 nitrogen and oxygen atoms in total. The monoisotopic (exact) mass is 459 g/mol. The fourth-order valence-corrected chi connectivity index (χ4v) is 5.61. The van der Waals surface area contributed by atoms with Crippen LogP contribution in [-0.4, -0.2) is 23.9 Å². The van der Waals surface area contributed by atoms with Crippen molar-refractivity contribution >= 4 is 54.7 Å². The molecule has 0 bridgehead atoms. The van der Waals surface area contributed by atoms with E-state index in [9.17, 15) is 13.2 Å². The average Bonchev–Trinajstić information content (AvgIpc) is 3.27. The number of para-hydroxylation sites is 1. The van der Waals surface area contributed by atoms with Gasteiger partial charge in [-0.05, 0) is 30.7 Å². The summed E-state index contributed by atoms with van der Waals surface area (Å²) in [6.07, 6.45) is 1.53. The van der Waals surface area contributed by atoms with Gasteiger partial charge in [0.1, 0.15) is 6.54 Å². The zero-order valence-electron chi connectivity index (χ0n) is 16.0. The largest absolute Gasteiger partial charge is 0.337 e. The Labute approximate surface area is 183 Å². The highest BCUT2D eigenvalue weighted by atomic mass is 35.5. The van der Waals surface area contributed by atoms with Gasteiger partial charge >= 0.3 is 0 Å². The molecule has 1 amide bonds. The quantitative estimate of drug-likeness (QED) is 0.454. The summed E-state index contributed by atoms with van der Waals surface area (Å²) >= 11 is 7.24. The molecule has 4 aromatic rings. The van der Waals surface area contributed by atoms with Gasteiger partial charge < -0.3 is 9.88 Å². The average molecular weight is 460 g/mol. The number of nitrogens with zero attached hydrogens (tertiary/aromatic N) is 2. The molecule has 4 rings (SSSR count). The molecule has 0 saturated carbocycles. The number of amides is 1. The lowest BCUT2D eigenvalue weighted by molar-refractivity contribution is -0.116. The van der Waals surface area contributed by atoms with E-state index >= 15 is 0 Å². The van der Waals surface area contributed by atoms with Crippen molar-refractivity contribution in [3.8, 4) is 0 Å². The first-order valence-electron chi connectivity index (χ1n) is 9.09. The first-order chi connectivity index (χ1) is 14.3. The number of fused-ring (bicyclic) bond motifs is 1. The van der Waals surface area contributed by atoms with Crippen LogP contribution in [0.3, 0.4) is 0 Å². The fourth-order valence-electron chi connectivity index (χ4n) is 3.19. The number of benzene rings is 2. The highest BCUT2D eigenvalue weighted by Gasteiger charge is 2.22. The van der Waals surface area contributed by atoms with Gasteiger partial charge in [-0.25, -0.2) is 13.4 Å². The molecule has 2 aromatic heterocycles. The minimum absolute atomic E-state index is 0.0182. The molecule has 0 aliphatic heterocycles. The summed E-state index contributed by atoms with van der Waals surface area (Å²) in [6, 6.07) is 13.9. The Balaban J connectivity index is 1.64. The van der Waals surface area contributed by atoms with Crippen molar-refractivity contribution in [2.75, 3.05) is 5.32 Å². The number of rotatable bonds is 6. The number of sulfone groups is 1. The third-order valence-corrected chi connectivity index (χ3v) is 7.37. The van der Waals surface area contributed by atoms with Crippen molar-refractivity contribution in [2.24, 2.45) is 0 Å². The second kappa shape index (κ2) is 8.22. The Morgan fingerprint density at radius 3 is 2.60 bits per heavy atom. The highest BCUT2D eigenvalue weighted by Crippen LogP contribution is 2.28. The van der Waals surface area contributed by atoms with Gasteiger partial charge in [0, 0.05) is 27.5 Å². The van der Waals surface area contributed by atoms with Gasteiger partial charge in [-0.3, -0.25) is 4.79 Å². The lowest BCUT2D eigenvalue weighted by Crippen LogP contribution is -2.18. The van der Waals surface area contributed by atoms with E-state index in [2.05, 4.69) is 10.3 Å². The van der Waals surface area contributed by atoms with E-state index < -0.39 is 9.84 Å². The van der Waals surface area contributed by atoms with Gasteiger partial charge in [0.25, 0.3) is 0 Å². The third-order valence-electron chi connectivity index (χ3n) is 4.54. The van der Waals surface area contributed by atoms with Crippen molar-refractivity contribution in [3.05, 3.63) is 76.4 Å². The van der Waals surface area contributed by atoms with Crippen LogP contribution >= 0.6 is 22.9 Å². The predicted octanol–water partition coefficient (Wildman–Crippen LogP) is 4.67. The first kappa shape index (κ1) is 20.6. The lowest BCUT2D eigenvalue weighted by Gasteiger charge is -2.05. The SMILES string of the molecule is Cc1csc(NC(=O)Cn2cc(S(=O)(=O)Cc3ccc(Cl)cc3)c3ccccc32)n1. The molecule has 2 aromatic carbocycles. The molecule has 9 heteroatoms. The van der Waals surface area contributed by atoms with E-state index in [1.54, 1.807) is 47.0 Å². The molecule has 0 aliphatic rings. The van der Waals surface area contributed by atoms with Gasteiger partial charge in [-0.1, -0.05) is 41.9 Å². The molecular weight excluding hydrogens is 442 g/mol. The number of carbonyl (C=O) groups excluding carboxylic acids is 1. The van der Waals surface area contributed by atoms with E-state index in [0.29, 0.717) is 26.6 Å². The highest BCUT2D eigenvalue weighted by molar-refractivity contribution is 7.90. The van der Waals surface area contributed by atoms with Crippen LogP contribution in [0.4, 0.5) is 5.13 Å². The van der Waals surface area contributed by atoms with Crippen LogP contribution < -0.4 is 5.32 Å². The van der Waals surface area contributed by atoms with Crippen LogP contribution in [0.1, 0.15) is 11.3 Å². The third kappa shape index (κ3) is 4.40. The molecule has 154 valence electrons. The van der Waals surface area contributed by atoms with E-state index in [-0.39, 0.29) is 23.1 Å². The number of hydrogen-bond donors (Lipinski definition) is 1. The van der Waals surface area contributed by atoms with Crippen LogP contribution in [0.5, 0.6) is 0 Å². The number of carbonyl (C=O) groups is 1. The topological polar surface area (TPSA) is 81.1 Å². The summed E-state index contributed by atoms with van der Waals surface area (Å²) in [5.74, 6) is -0.422. The Hall–Kier alpha value is -2.68. The standard InChI is InChI=1S/C21H18ClN3O3S2/c1-14-12-29-21(23-14)24-20(26)11-25-10-19(17-4-2-3-5-18(17)25)30(27,28)13-15-6-8-16(22)9-7-15/h2-10,12H,11,13H2,1H3,(H,23,24,26). The van der Waals surface area contributed by atoms with Crippen LogP contribution in [0.15, 0.2) is 65.0 Å². The Kier molecular flexibility index (Phi) is 5.64. The number of aromatic nitrogens is 2. The summed E-state index contributed by atoms with van der Waals surface area (Å²) in [7, 11) is -3.63. The number of nitrogens with one attached hydrogen (secondary N) is 1. The normalized spacial score (nSPS) is 11.7. The van der Waals surface area contributed by atoms with Gasteiger partial charge in [0.15, 0.2) is 15.0 Å². The molecule has 0 unspecified atom stereocenters. The molecule has 0 saturated heterocycles. The number of thiazole rings is 1. The molecule has 0 fully saturated rings. The molecule has 30 heavy (non-hydrogen) atoms. The minimum atomic E-state index is -3.63. The van der Waals surface area contributed by atoms with Crippen molar-refractivity contribution < 1.29 is 13.2 Å². The lowest BCUT2D eigenvalue weighted by atomic mass is 10.2. The van der Waals surface area contributed by atoms with Gasteiger partial charge in [-0.15, -0.1) is 11.3 Å². The maximum atomic E-state index is 13.1. The fraction of sp³-hybridized carbons (Fsp3) is 0.143. The van der Waals surface area contributed by atoms with Crippen LogP contribution in [0.25, 0.3) is 10.9 Å². The van der Waals surface area contributed by atoms with Crippen molar-refractivity contribution in [1.29, 1.82) is 0 Å². The van der Waals surface area contributed by atoms with E-state index in [1.165, 1.54) is 17.5 Å². The minimum Gasteiger partial charge on any atom is -0.337 e. The zero-order chi connectivity index (χ0) is 21.3. The summed E-state index contributed by atoms with van der Waals surface area (Å²) in [6.45, 7) is 1.83. The predicted molar refractivity (Wildman–Crippen MR) is 120 cm³/mol. The molecule has 1 N–H and O–H groups in total. The first-order valence-corrected chi connectivity index (χ1v) is 12.0. The van der Waals surface area contributed by atoms with Crippen molar-refractivity contribution in [1.82, 2.24) is 9.55 Å². The van der Waals surface area contributed by atoms with Gasteiger partial charge in [0.05, 0.1) is 16.3 Å². The van der Waals surface area contributed by atoms with E-state index in [0.717, 1.165) is 5.69 Å². The summed E-state index contributed by atoms with van der Waals surface area (Å²) < 4.78 is 27.9. The van der Waals surface area contributed by atoms with E-state index in [4.69, 9.17) is 11.6 Å². The summed E-state index contributed by atoms with van der Waals surface area (Å²) in [5.41, 5.74) is 2.16. The maximum absolute atomic E-state index is 13.1. The molecule has 0 spiro atoms. The molecule has 0 radical (unpaired) electrons. The van der Waals surface area contributed by atoms with Crippen molar-refractivity contribution in [3.63, 3.8) is 0 Å². The molecule has 0 aliphatic carbocycles. The molecule has 2 heterocycles. The molecular formula is C21H18ClN3O3S2. The van der Waals surface area contributed by atoms with Crippen molar-refractivity contribution in [2.45, 2.75) is 24.1 Å². The summed E-state index contributed by atoms with van der Waals surface area (Å²) in [5, 5.41) is 6.26. The number of anilines is 1. The van der Waals surface area contributed by atoms with Crippen LogP contribution in [0, 0.1) is 6.92 Å². The second-order valence-electron chi connectivity index (χ2n) is 6.87. The van der Waals surface area contributed by atoms with E-state index in [1.807, 2.05) is 18.4 Å². The Morgan fingerprint density at radius 1 is 1.17 bits per heavy atom. The Bertz CT molecular complexity index is 1330. The smallest absolute Gasteiger partial charge is 0.246 e. The Morgan fingerprint density at radius 2 is 1.90 bits per heavy atom. The maximum Gasteiger partial charge on any atom is 0.246 e. The number of aryl methyl sites for hydroxylation is 1. The number of hydrogen-bond acceptors (Lipinski definition) is 5.